The van der Waals surface area contributed by atoms with Gasteiger partial charge in [-0.25, -0.2) is 4.39 Å². The van der Waals surface area contributed by atoms with E-state index in [0.29, 0.717) is 11.3 Å². The Labute approximate surface area is 114 Å². The Bertz CT molecular complexity index is 616. The first-order valence-electron chi connectivity index (χ1n) is 5.53. The highest BCUT2D eigenvalue weighted by molar-refractivity contribution is 6.30. The minimum absolute atomic E-state index is 0.0445. The van der Waals surface area contributed by atoms with Gasteiger partial charge in [-0.2, -0.15) is 0 Å². The number of hydrogen-bond donors (Lipinski definition) is 1. The van der Waals surface area contributed by atoms with Crippen LogP contribution in [-0.4, -0.2) is 5.91 Å². The van der Waals surface area contributed by atoms with Crippen molar-refractivity contribution in [2.75, 3.05) is 0 Å². The fourth-order valence-corrected chi connectivity index (χ4v) is 1.67. The highest BCUT2D eigenvalue weighted by Crippen LogP contribution is 2.21. The summed E-state index contributed by atoms with van der Waals surface area (Å²) in [5.74, 6) is -0.671. The van der Waals surface area contributed by atoms with Crippen molar-refractivity contribution < 1.29 is 13.9 Å². The lowest BCUT2D eigenvalue weighted by atomic mass is 10.1. The summed E-state index contributed by atoms with van der Waals surface area (Å²) < 4.78 is 18.6. The van der Waals surface area contributed by atoms with Crippen LogP contribution >= 0.6 is 11.6 Å². The van der Waals surface area contributed by atoms with Crippen LogP contribution in [0.2, 0.25) is 5.02 Å². The minimum atomic E-state index is -0.537. The second kappa shape index (κ2) is 5.71. The first-order valence-corrected chi connectivity index (χ1v) is 5.90. The van der Waals surface area contributed by atoms with E-state index >= 15 is 0 Å². The summed E-state index contributed by atoms with van der Waals surface area (Å²) in [6.45, 7) is 0.211. The fraction of sp³-hybridized carbons (Fsp3) is 0.0714. The number of nitrogens with two attached hydrogens (primary N) is 1. The van der Waals surface area contributed by atoms with Crippen LogP contribution in [0.1, 0.15) is 15.9 Å². The van der Waals surface area contributed by atoms with E-state index in [0.717, 1.165) is 5.56 Å². The molecule has 0 spiro atoms. The highest BCUT2D eigenvalue weighted by atomic mass is 35.5. The first-order chi connectivity index (χ1) is 9.06. The standard InChI is InChI=1S/C14H11ClFNO2/c15-12-5-4-11(7-13(12)16)19-8-9-2-1-3-10(6-9)14(17)18/h1-7H,8H2,(H2,17,18). The first kappa shape index (κ1) is 13.4. The van der Waals surface area contributed by atoms with Crippen LogP contribution in [0, 0.1) is 5.82 Å². The summed E-state index contributed by atoms with van der Waals surface area (Å²) in [6.07, 6.45) is 0. The van der Waals surface area contributed by atoms with E-state index in [1.807, 2.05) is 0 Å². The molecular formula is C14H11ClFNO2. The molecule has 0 saturated heterocycles. The molecule has 2 aromatic carbocycles. The third-order valence-corrected chi connectivity index (χ3v) is 2.81. The molecule has 3 nitrogen and oxygen atoms in total. The van der Waals surface area contributed by atoms with Crippen molar-refractivity contribution in [3.63, 3.8) is 0 Å². The molecule has 98 valence electrons. The molecule has 2 rings (SSSR count). The average molecular weight is 280 g/mol. The maximum Gasteiger partial charge on any atom is 0.248 e. The molecule has 2 aromatic rings. The molecule has 0 aliphatic rings. The van der Waals surface area contributed by atoms with Crippen molar-refractivity contribution in [2.45, 2.75) is 6.61 Å². The summed E-state index contributed by atoms with van der Waals surface area (Å²) in [4.78, 5) is 11.0. The van der Waals surface area contributed by atoms with Gasteiger partial charge in [-0.3, -0.25) is 4.79 Å². The van der Waals surface area contributed by atoms with E-state index in [1.54, 1.807) is 30.3 Å². The van der Waals surface area contributed by atoms with Crippen LogP contribution in [0.3, 0.4) is 0 Å². The molecule has 0 unspecified atom stereocenters. The summed E-state index contributed by atoms with van der Waals surface area (Å²) >= 11 is 5.57. The van der Waals surface area contributed by atoms with E-state index < -0.39 is 11.7 Å². The van der Waals surface area contributed by atoms with Gasteiger partial charge < -0.3 is 10.5 Å². The van der Waals surface area contributed by atoms with Crippen molar-refractivity contribution in [1.82, 2.24) is 0 Å². The zero-order valence-corrected chi connectivity index (χ0v) is 10.7. The molecule has 1 amide bonds. The molecule has 0 aliphatic carbocycles. The van der Waals surface area contributed by atoms with Crippen LogP contribution in [-0.2, 0) is 6.61 Å². The lowest BCUT2D eigenvalue weighted by molar-refractivity contribution is 0.1000. The summed E-state index contributed by atoms with van der Waals surface area (Å²) in [5, 5.41) is 0.0445. The predicted molar refractivity (Wildman–Crippen MR) is 70.7 cm³/mol. The number of amides is 1. The van der Waals surface area contributed by atoms with Crippen LogP contribution in [0.15, 0.2) is 42.5 Å². The third-order valence-electron chi connectivity index (χ3n) is 2.51. The van der Waals surface area contributed by atoms with Crippen molar-refractivity contribution >= 4 is 17.5 Å². The minimum Gasteiger partial charge on any atom is -0.489 e. The molecule has 0 aliphatic heterocycles. The maximum absolute atomic E-state index is 13.2. The highest BCUT2D eigenvalue weighted by Gasteiger charge is 2.04. The van der Waals surface area contributed by atoms with Crippen molar-refractivity contribution in [2.24, 2.45) is 5.73 Å². The monoisotopic (exact) mass is 279 g/mol. The fourth-order valence-electron chi connectivity index (χ4n) is 1.55. The topological polar surface area (TPSA) is 52.3 Å². The maximum atomic E-state index is 13.2. The predicted octanol–water partition coefficient (Wildman–Crippen LogP) is 3.16. The molecule has 0 heterocycles. The summed E-state index contributed by atoms with van der Waals surface area (Å²) in [5.41, 5.74) is 6.36. The lowest BCUT2D eigenvalue weighted by Gasteiger charge is -2.07. The number of halogens is 2. The van der Waals surface area contributed by atoms with E-state index in [-0.39, 0.29) is 11.6 Å². The van der Waals surface area contributed by atoms with Crippen LogP contribution in [0.5, 0.6) is 5.75 Å². The number of benzene rings is 2. The quantitative estimate of drug-likeness (QED) is 0.935. The second-order valence-corrected chi connectivity index (χ2v) is 4.34. The number of carbonyl (C=O) groups is 1. The lowest BCUT2D eigenvalue weighted by Crippen LogP contribution is -2.11. The van der Waals surface area contributed by atoms with Gasteiger partial charge in [-0.15, -0.1) is 0 Å². The molecule has 0 fully saturated rings. The van der Waals surface area contributed by atoms with Crippen LogP contribution in [0.25, 0.3) is 0 Å². The molecule has 0 bridgehead atoms. The Morgan fingerprint density at radius 1 is 1.26 bits per heavy atom. The largest absolute Gasteiger partial charge is 0.489 e. The van der Waals surface area contributed by atoms with Crippen LogP contribution < -0.4 is 10.5 Å². The molecule has 19 heavy (non-hydrogen) atoms. The summed E-state index contributed by atoms with van der Waals surface area (Å²) in [7, 11) is 0. The van der Waals surface area contributed by atoms with Gasteiger partial charge in [0.25, 0.3) is 0 Å². The molecule has 0 radical (unpaired) electrons. The summed E-state index contributed by atoms with van der Waals surface area (Å²) in [6, 6.07) is 11.0. The van der Waals surface area contributed by atoms with E-state index in [9.17, 15) is 9.18 Å². The normalized spacial score (nSPS) is 10.2. The Kier molecular flexibility index (Phi) is 4.02. The van der Waals surface area contributed by atoms with Gasteiger partial charge in [0.05, 0.1) is 5.02 Å². The van der Waals surface area contributed by atoms with Crippen molar-refractivity contribution in [3.05, 3.63) is 64.4 Å². The Morgan fingerprint density at radius 2 is 2.05 bits per heavy atom. The van der Waals surface area contributed by atoms with E-state index in [4.69, 9.17) is 22.1 Å². The van der Waals surface area contributed by atoms with Gasteiger partial charge in [0, 0.05) is 11.6 Å². The molecule has 0 saturated carbocycles. The molecular weight excluding hydrogens is 269 g/mol. The number of primary amides is 1. The Hall–Kier alpha value is -2.07. The average Bonchev–Trinajstić information content (AvgIpc) is 2.40. The number of hydrogen-bond acceptors (Lipinski definition) is 2. The number of ether oxygens (including phenoxy) is 1. The number of carbonyl (C=O) groups excluding carboxylic acids is 1. The van der Waals surface area contributed by atoms with E-state index in [2.05, 4.69) is 0 Å². The second-order valence-electron chi connectivity index (χ2n) is 3.93. The Morgan fingerprint density at radius 3 is 2.74 bits per heavy atom. The van der Waals surface area contributed by atoms with Crippen LogP contribution in [0.4, 0.5) is 4.39 Å². The van der Waals surface area contributed by atoms with Gasteiger partial charge >= 0.3 is 0 Å². The number of rotatable bonds is 4. The van der Waals surface area contributed by atoms with Gasteiger partial charge in [0.15, 0.2) is 0 Å². The third kappa shape index (κ3) is 3.45. The smallest absolute Gasteiger partial charge is 0.248 e. The van der Waals surface area contributed by atoms with Gasteiger partial charge in [0.1, 0.15) is 18.2 Å². The van der Waals surface area contributed by atoms with E-state index in [1.165, 1.54) is 12.1 Å². The van der Waals surface area contributed by atoms with Gasteiger partial charge in [-0.1, -0.05) is 23.7 Å². The SMILES string of the molecule is NC(=O)c1cccc(COc2ccc(Cl)c(F)c2)c1. The van der Waals surface area contributed by atoms with Gasteiger partial charge in [-0.05, 0) is 29.8 Å². The van der Waals surface area contributed by atoms with Gasteiger partial charge in [0.2, 0.25) is 5.91 Å². The molecule has 5 heteroatoms. The molecule has 0 aromatic heterocycles. The zero-order valence-electron chi connectivity index (χ0n) is 9.90. The molecule has 2 N–H and O–H groups in total. The van der Waals surface area contributed by atoms with Crippen molar-refractivity contribution in [1.29, 1.82) is 0 Å². The molecule has 0 atom stereocenters. The Balaban J connectivity index is 2.07. The van der Waals surface area contributed by atoms with Crippen molar-refractivity contribution in [3.8, 4) is 5.75 Å². The zero-order chi connectivity index (χ0) is 13.8.